The third-order valence-corrected chi connectivity index (χ3v) is 5.65. The number of methoxy groups -OCH3 is 2. The molecule has 2 heterocycles. The van der Waals surface area contributed by atoms with Gasteiger partial charge >= 0.3 is 0 Å². The lowest BCUT2D eigenvalue weighted by molar-refractivity contribution is -0.134. The number of carbonyl (C=O) groups is 2. The third-order valence-electron chi connectivity index (χ3n) is 5.65. The summed E-state index contributed by atoms with van der Waals surface area (Å²) in [4.78, 5) is 28.1. The predicted octanol–water partition coefficient (Wildman–Crippen LogP) is 2.79. The molecule has 1 fully saturated rings. The molecule has 0 unspecified atom stereocenters. The van der Waals surface area contributed by atoms with E-state index in [9.17, 15) is 9.59 Å². The number of ether oxygens (including phenoxy) is 3. The zero-order valence-corrected chi connectivity index (χ0v) is 17.3. The smallest absolute Gasteiger partial charge is 0.260 e. The lowest BCUT2D eigenvalue weighted by Crippen LogP contribution is -2.38. The fourth-order valence-electron chi connectivity index (χ4n) is 3.98. The molecule has 0 radical (unpaired) electrons. The van der Waals surface area contributed by atoms with Crippen LogP contribution in [0.25, 0.3) is 0 Å². The van der Waals surface area contributed by atoms with Gasteiger partial charge in [0.25, 0.3) is 5.91 Å². The van der Waals surface area contributed by atoms with Crippen LogP contribution in [0.4, 0.5) is 5.69 Å². The Kier molecular flexibility index (Phi) is 5.79. The van der Waals surface area contributed by atoms with Crippen LogP contribution in [0.2, 0.25) is 0 Å². The summed E-state index contributed by atoms with van der Waals surface area (Å²) in [6.07, 6.45) is 2.26. The van der Waals surface area contributed by atoms with Gasteiger partial charge in [-0.05, 0) is 60.4 Å². The number of fused-ring (bicyclic) bond motifs is 1. The van der Waals surface area contributed by atoms with Gasteiger partial charge in [0.05, 0.1) is 14.2 Å². The van der Waals surface area contributed by atoms with Crippen LogP contribution in [-0.4, -0.2) is 50.6 Å². The van der Waals surface area contributed by atoms with Gasteiger partial charge < -0.3 is 24.0 Å². The van der Waals surface area contributed by atoms with Gasteiger partial charge in [0.2, 0.25) is 5.91 Å². The normalized spacial score (nSPS) is 15.7. The van der Waals surface area contributed by atoms with Gasteiger partial charge in [0, 0.05) is 31.7 Å². The number of rotatable bonds is 6. The Hall–Kier alpha value is -3.22. The minimum Gasteiger partial charge on any atom is -0.493 e. The van der Waals surface area contributed by atoms with Crippen molar-refractivity contribution >= 4 is 17.5 Å². The fraction of sp³-hybridized carbons (Fsp3) is 0.391. The second-order valence-electron chi connectivity index (χ2n) is 7.47. The lowest BCUT2D eigenvalue weighted by atomic mass is 9.99. The molecule has 0 bridgehead atoms. The first-order valence-electron chi connectivity index (χ1n) is 10.1. The van der Waals surface area contributed by atoms with E-state index in [0.29, 0.717) is 36.8 Å². The van der Waals surface area contributed by atoms with Crippen molar-refractivity contribution in [3.8, 4) is 17.2 Å². The molecular formula is C23H26N2O5. The standard InChI is InChI=1S/C23H26N2O5/c1-28-20-12-16-9-11-24(14-17(16)13-21(20)29-2)23(27)15-30-19-7-5-18(6-8-19)25-10-3-4-22(25)26/h5-8,12-13H,3-4,9-11,14-15H2,1-2H3. The molecule has 2 amide bonds. The van der Waals surface area contributed by atoms with Crippen LogP contribution in [0.1, 0.15) is 24.0 Å². The van der Waals surface area contributed by atoms with Gasteiger partial charge in [-0.25, -0.2) is 0 Å². The molecule has 0 saturated carbocycles. The van der Waals surface area contributed by atoms with E-state index in [2.05, 4.69) is 0 Å². The SMILES string of the molecule is COc1cc2c(cc1OC)CN(C(=O)COc1ccc(N3CCCC3=O)cc1)CC2. The molecule has 0 aliphatic carbocycles. The number of hydrogen-bond donors (Lipinski definition) is 0. The van der Waals surface area contributed by atoms with E-state index < -0.39 is 0 Å². The average Bonchev–Trinajstić information content (AvgIpc) is 3.22. The number of anilines is 1. The zero-order chi connectivity index (χ0) is 21.1. The maximum absolute atomic E-state index is 12.7. The molecule has 2 aromatic rings. The van der Waals surface area contributed by atoms with Crippen LogP contribution in [0.3, 0.4) is 0 Å². The summed E-state index contributed by atoms with van der Waals surface area (Å²) in [5.74, 6) is 2.08. The molecule has 7 heteroatoms. The Balaban J connectivity index is 1.35. The molecule has 4 rings (SSSR count). The molecule has 1 saturated heterocycles. The Morgan fingerprint density at radius 1 is 0.967 bits per heavy atom. The van der Waals surface area contributed by atoms with E-state index in [1.54, 1.807) is 36.2 Å². The van der Waals surface area contributed by atoms with E-state index in [4.69, 9.17) is 14.2 Å². The molecule has 0 aromatic heterocycles. The minimum absolute atomic E-state index is 0.0232. The number of carbonyl (C=O) groups excluding carboxylic acids is 2. The highest BCUT2D eigenvalue weighted by Gasteiger charge is 2.24. The first-order valence-corrected chi connectivity index (χ1v) is 10.1. The predicted molar refractivity (Wildman–Crippen MR) is 112 cm³/mol. The van der Waals surface area contributed by atoms with Gasteiger partial charge in [-0.1, -0.05) is 0 Å². The fourth-order valence-corrected chi connectivity index (χ4v) is 3.98. The van der Waals surface area contributed by atoms with Crippen molar-refractivity contribution in [1.29, 1.82) is 0 Å². The number of nitrogens with zero attached hydrogens (tertiary/aromatic N) is 2. The van der Waals surface area contributed by atoms with E-state index >= 15 is 0 Å². The summed E-state index contributed by atoms with van der Waals surface area (Å²) in [5, 5.41) is 0. The van der Waals surface area contributed by atoms with Gasteiger partial charge in [-0.15, -0.1) is 0 Å². The molecule has 2 aliphatic heterocycles. The quantitative estimate of drug-likeness (QED) is 0.733. The molecule has 0 spiro atoms. The van der Waals surface area contributed by atoms with Crippen LogP contribution < -0.4 is 19.1 Å². The van der Waals surface area contributed by atoms with Crippen molar-refractivity contribution in [2.75, 3.05) is 38.8 Å². The Morgan fingerprint density at radius 2 is 1.67 bits per heavy atom. The Morgan fingerprint density at radius 3 is 2.30 bits per heavy atom. The molecule has 158 valence electrons. The largest absolute Gasteiger partial charge is 0.493 e. The molecule has 2 aliphatic rings. The van der Waals surface area contributed by atoms with Gasteiger partial charge in [-0.2, -0.15) is 0 Å². The van der Waals surface area contributed by atoms with Crippen LogP contribution >= 0.6 is 0 Å². The third kappa shape index (κ3) is 4.06. The topological polar surface area (TPSA) is 68.3 Å². The second-order valence-corrected chi connectivity index (χ2v) is 7.47. The summed E-state index contributed by atoms with van der Waals surface area (Å²) in [7, 11) is 3.23. The van der Waals surface area contributed by atoms with Crippen molar-refractivity contribution in [3.63, 3.8) is 0 Å². The van der Waals surface area contributed by atoms with Crippen LogP contribution in [0, 0.1) is 0 Å². The maximum Gasteiger partial charge on any atom is 0.260 e. The average molecular weight is 410 g/mol. The number of hydrogen-bond acceptors (Lipinski definition) is 5. The van der Waals surface area contributed by atoms with Crippen LogP contribution in [0.5, 0.6) is 17.2 Å². The van der Waals surface area contributed by atoms with E-state index in [-0.39, 0.29) is 18.4 Å². The van der Waals surface area contributed by atoms with Crippen LogP contribution in [-0.2, 0) is 22.6 Å². The van der Waals surface area contributed by atoms with E-state index in [1.807, 2.05) is 24.3 Å². The first kappa shape index (κ1) is 20.1. The van der Waals surface area contributed by atoms with Crippen molar-refractivity contribution < 1.29 is 23.8 Å². The number of benzene rings is 2. The highest BCUT2D eigenvalue weighted by molar-refractivity contribution is 5.95. The molecule has 7 nitrogen and oxygen atoms in total. The highest BCUT2D eigenvalue weighted by Crippen LogP contribution is 2.33. The number of amides is 2. The Labute approximate surface area is 176 Å². The van der Waals surface area contributed by atoms with Gasteiger partial charge in [0.1, 0.15) is 5.75 Å². The summed E-state index contributed by atoms with van der Waals surface area (Å²) < 4.78 is 16.4. The summed E-state index contributed by atoms with van der Waals surface area (Å²) in [6, 6.07) is 11.2. The second kappa shape index (κ2) is 8.65. The van der Waals surface area contributed by atoms with Gasteiger partial charge in [-0.3, -0.25) is 9.59 Å². The van der Waals surface area contributed by atoms with Crippen molar-refractivity contribution in [2.45, 2.75) is 25.8 Å². The Bertz CT molecular complexity index is 941. The van der Waals surface area contributed by atoms with Crippen LogP contribution in [0.15, 0.2) is 36.4 Å². The first-order chi connectivity index (χ1) is 14.6. The molecular weight excluding hydrogens is 384 g/mol. The zero-order valence-electron chi connectivity index (χ0n) is 17.3. The van der Waals surface area contributed by atoms with E-state index in [0.717, 1.165) is 30.6 Å². The molecule has 30 heavy (non-hydrogen) atoms. The van der Waals surface area contributed by atoms with Gasteiger partial charge in [0.15, 0.2) is 18.1 Å². The van der Waals surface area contributed by atoms with Crippen molar-refractivity contribution in [1.82, 2.24) is 4.90 Å². The summed E-state index contributed by atoms with van der Waals surface area (Å²) >= 11 is 0. The lowest BCUT2D eigenvalue weighted by Gasteiger charge is -2.29. The van der Waals surface area contributed by atoms with E-state index in [1.165, 1.54) is 5.56 Å². The highest BCUT2D eigenvalue weighted by atomic mass is 16.5. The summed E-state index contributed by atoms with van der Waals surface area (Å²) in [6.45, 7) is 1.89. The molecule has 0 N–H and O–H groups in total. The van der Waals surface area contributed by atoms with Crippen molar-refractivity contribution in [2.24, 2.45) is 0 Å². The summed E-state index contributed by atoms with van der Waals surface area (Å²) in [5.41, 5.74) is 3.10. The van der Waals surface area contributed by atoms with Crippen molar-refractivity contribution in [3.05, 3.63) is 47.5 Å². The minimum atomic E-state index is -0.0609. The maximum atomic E-state index is 12.7. The molecule has 0 atom stereocenters. The monoisotopic (exact) mass is 410 g/mol. The molecule has 2 aromatic carbocycles.